The number of aliphatic hydroxyl groups is 2. The number of aliphatic hydroxyl groups excluding tert-OH is 1. The van der Waals surface area contributed by atoms with Crippen molar-refractivity contribution in [3.8, 4) is 0 Å². The fourth-order valence-electron chi connectivity index (χ4n) is 11.7. The van der Waals surface area contributed by atoms with Gasteiger partial charge in [0, 0.05) is 40.8 Å². The molecule has 228 valence electrons. The molecule has 0 saturated heterocycles. The molecule has 42 heavy (non-hydrogen) atoms. The Balaban J connectivity index is 1.24. The number of hydrogen-bond acceptors (Lipinski definition) is 4. The second kappa shape index (κ2) is 10.1. The zero-order valence-corrected chi connectivity index (χ0v) is 26.3. The van der Waals surface area contributed by atoms with E-state index in [0.717, 1.165) is 89.2 Å². The van der Waals surface area contributed by atoms with Gasteiger partial charge in [0.05, 0.1) is 11.7 Å². The third-order valence-electron chi connectivity index (χ3n) is 14.1. The van der Waals surface area contributed by atoms with Crippen LogP contribution in [-0.2, 0) is 11.2 Å². The highest BCUT2D eigenvalue weighted by molar-refractivity contribution is 6.00. The average molecular weight is 572 g/mol. The molecule has 7 aliphatic rings. The summed E-state index contributed by atoms with van der Waals surface area (Å²) in [4.78, 5) is 17.0. The summed E-state index contributed by atoms with van der Waals surface area (Å²) in [5, 5.41) is 23.5. The maximum Gasteiger partial charge on any atom is 0.162 e. The van der Waals surface area contributed by atoms with Crippen LogP contribution in [0.3, 0.4) is 0 Å². The fourth-order valence-corrected chi connectivity index (χ4v) is 11.7. The standard InChI is InChI=1S/C38H53NO3/c1-34-18-14-29(40)24-36(34)21-22-38(30(25-36)33(41)28-12-8-5-9-13-28)31(34)15-19-35(2)32(38)16-20-37(35,42)26-39(3)23-17-27-10-6-4-7-11-27/h4,6-7,10-11,21-22,25,28-29,31-32,40,42H,5,8-9,12-20,23-24,26H2,1-3H3. The maximum atomic E-state index is 14.7. The van der Waals surface area contributed by atoms with Gasteiger partial charge in [0.25, 0.3) is 0 Å². The lowest BCUT2D eigenvalue weighted by Gasteiger charge is -2.71. The van der Waals surface area contributed by atoms with Crippen molar-refractivity contribution >= 4 is 5.78 Å². The van der Waals surface area contributed by atoms with Crippen molar-refractivity contribution < 1.29 is 15.0 Å². The number of rotatable bonds is 7. The van der Waals surface area contributed by atoms with Crippen LogP contribution in [0, 0.1) is 39.4 Å². The summed E-state index contributed by atoms with van der Waals surface area (Å²) < 4.78 is 0. The maximum absolute atomic E-state index is 14.7. The smallest absolute Gasteiger partial charge is 0.162 e. The molecule has 1 aromatic carbocycles. The highest BCUT2D eigenvalue weighted by Crippen LogP contribution is 2.78. The lowest BCUT2D eigenvalue weighted by molar-refractivity contribution is -0.179. The van der Waals surface area contributed by atoms with Gasteiger partial charge in [0.15, 0.2) is 5.78 Å². The minimum absolute atomic E-state index is 0.0475. The third-order valence-corrected chi connectivity index (χ3v) is 14.1. The first-order valence-electron chi connectivity index (χ1n) is 17.2. The molecule has 7 aliphatic carbocycles. The van der Waals surface area contributed by atoms with Crippen LogP contribution in [0.4, 0.5) is 0 Å². The van der Waals surface area contributed by atoms with E-state index in [1.54, 1.807) is 0 Å². The predicted molar refractivity (Wildman–Crippen MR) is 168 cm³/mol. The molecule has 0 aliphatic heterocycles. The quantitative estimate of drug-likeness (QED) is 0.350. The van der Waals surface area contributed by atoms with Gasteiger partial charge >= 0.3 is 0 Å². The van der Waals surface area contributed by atoms with E-state index < -0.39 is 5.60 Å². The van der Waals surface area contributed by atoms with Crippen LogP contribution in [0.15, 0.2) is 54.1 Å². The van der Waals surface area contributed by atoms with E-state index in [-0.39, 0.29) is 39.6 Å². The van der Waals surface area contributed by atoms with E-state index in [4.69, 9.17) is 0 Å². The first kappa shape index (κ1) is 29.0. The van der Waals surface area contributed by atoms with Crippen molar-refractivity contribution in [1.29, 1.82) is 0 Å². The molecule has 4 saturated carbocycles. The molecular formula is C38H53NO3. The number of nitrogens with zero attached hydrogens (tertiary/aromatic N) is 1. The van der Waals surface area contributed by atoms with Crippen LogP contribution in [0.5, 0.6) is 0 Å². The number of benzene rings is 1. The van der Waals surface area contributed by atoms with E-state index in [2.05, 4.69) is 74.4 Å². The minimum atomic E-state index is -0.773. The first-order chi connectivity index (χ1) is 20.1. The molecule has 4 heteroatoms. The zero-order chi connectivity index (χ0) is 29.4. The Kier molecular flexibility index (Phi) is 7.00. The molecule has 4 nitrogen and oxygen atoms in total. The Morgan fingerprint density at radius 1 is 0.905 bits per heavy atom. The van der Waals surface area contributed by atoms with E-state index in [9.17, 15) is 15.0 Å². The van der Waals surface area contributed by atoms with Crippen LogP contribution in [0.25, 0.3) is 0 Å². The number of carbonyl (C=O) groups is 1. The number of allylic oxidation sites excluding steroid dienone is 4. The predicted octanol–water partition coefficient (Wildman–Crippen LogP) is 6.90. The fraction of sp³-hybridized carbons (Fsp3) is 0.711. The van der Waals surface area contributed by atoms with Crippen molar-refractivity contribution in [2.75, 3.05) is 20.1 Å². The molecule has 0 amide bonds. The van der Waals surface area contributed by atoms with E-state index in [0.29, 0.717) is 18.2 Å². The summed E-state index contributed by atoms with van der Waals surface area (Å²) in [6, 6.07) is 10.7. The molecule has 1 aromatic rings. The SMILES string of the molecule is CN(CCc1ccccc1)CC1(O)CCC2C34C=CC5(C=C3C(=O)C3CCCCC3)CC(O)CCC5(C)C4CCC21C. The highest BCUT2D eigenvalue weighted by Gasteiger charge is 2.74. The van der Waals surface area contributed by atoms with Gasteiger partial charge in [-0.3, -0.25) is 4.79 Å². The van der Waals surface area contributed by atoms with Crippen LogP contribution < -0.4 is 0 Å². The lowest BCUT2D eigenvalue weighted by atomic mass is 9.32. The average Bonchev–Trinajstić information content (AvgIpc) is 3.26. The molecule has 0 aromatic heterocycles. The molecule has 8 rings (SSSR count). The molecular weight excluding hydrogens is 518 g/mol. The number of carbonyl (C=O) groups excluding carboxylic acids is 1. The van der Waals surface area contributed by atoms with Crippen LogP contribution in [0.2, 0.25) is 0 Å². The second-order valence-corrected chi connectivity index (χ2v) is 16.0. The number of ketones is 1. The summed E-state index contributed by atoms with van der Waals surface area (Å²) >= 11 is 0. The van der Waals surface area contributed by atoms with Crippen LogP contribution >= 0.6 is 0 Å². The van der Waals surface area contributed by atoms with Gasteiger partial charge < -0.3 is 15.1 Å². The van der Waals surface area contributed by atoms with Gasteiger partial charge in [-0.1, -0.05) is 81.7 Å². The monoisotopic (exact) mass is 571 g/mol. The van der Waals surface area contributed by atoms with Crippen LogP contribution in [-0.4, -0.2) is 52.7 Å². The summed E-state index contributed by atoms with van der Waals surface area (Å²) in [6.45, 7) is 6.47. The van der Waals surface area contributed by atoms with Gasteiger partial charge in [-0.25, -0.2) is 0 Å². The Hall–Kier alpha value is -1.75. The molecule has 0 radical (unpaired) electrons. The summed E-state index contributed by atoms with van der Waals surface area (Å²) in [5.74, 6) is 1.20. The number of likely N-dealkylation sites (N-methyl/N-ethyl adjacent to an activating group) is 1. The van der Waals surface area contributed by atoms with Crippen molar-refractivity contribution in [2.45, 2.75) is 109 Å². The van der Waals surface area contributed by atoms with Gasteiger partial charge in [0.2, 0.25) is 0 Å². The van der Waals surface area contributed by atoms with Gasteiger partial charge in [-0.05, 0) is 94.1 Å². The van der Waals surface area contributed by atoms with Crippen molar-refractivity contribution in [2.24, 2.45) is 39.4 Å². The Morgan fingerprint density at radius 2 is 1.60 bits per heavy atom. The minimum Gasteiger partial charge on any atom is -0.393 e. The number of fused-ring (bicyclic) bond motifs is 1. The number of hydrogen-bond donors (Lipinski definition) is 2. The van der Waals surface area contributed by atoms with Gasteiger partial charge in [-0.2, -0.15) is 0 Å². The first-order valence-corrected chi connectivity index (χ1v) is 17.2. The molecule has 8 unspecified atom stereocenters. The third kappa shape index (κ3) is 4.00. The second-order valence-electron chi connectivity index (χ2n) is 16.0. The Bertz CT molecular complexity index is 1270. The zero-order valence-electron chi connectivity index (χ0n) is 26.3. The number of Topliss-reactive ketones (excluding diaryl/α,β-unsaturated/α-hetero) is 1. The molecule has 0 heterocycles. The van der Waals surface area contributed by atoms with Crippen molar-refractivity contribution in [1.82, 2.24) is 4.90 Å². The van der Waals surface area contributed by atoms with E-state index in [1.807, 2.05) is 0 Å². The van der Waals surface area contributed by atoms with Crippen LogP contribution in [0.1, 0.15) is 96.5 Å². The molecule has 8 atom stereocenters. The summed E-state index contributed by atoms with van der Waals surface area (Å²) in [7, 11) is 2.17. The Morgan fingerprint density at radius 3 is 2.36 bits per heavy atom. The van der Waals surface area contributed by atoms with Gasteiger partial charge in [0.1, 0.15) is 0 Å². The largest absolute Gasteiger partial charge is 0.393 e. The van der Waals surface area contributed by atoms with E-state index in [1.165, 1.54) is 12.0 Å². The van der Waals surface area contributed by atoms with E-state index >= 15 is 0 Å². The molecule has 4 fully saturated rings. The molecule has 2 N–H and O–H groups in total. The summed E-state index contributed by atoms with van der Waals surface area (Å²) in [6.07, 6.45) is 20.1. The highest BCUT2D eigenvalue weighted by atomic mass is 16.3. The van der Waals surface area contributed by atoms with Crippen molar-refractivity contribution in [3.05, 3.63) is 59.7 Å². The summed E-state index contributed by atoms with van der Waals surface area (Å²) in [5.41, 5.74) is 0.932. The molecule has 2 bridgehead atoms. The molecule has 2 spiro atoms. The normalized spacial score (nSPS) is 44.4. The Labute approximate surface area is 253 Å². The topological polar surface area (TPSA) is 60.8 Å². The lowest BCUT2D eigenvalue weighted by Crippen LogP contribution is -2.67. The van der Waals surface area contributed by atoms with Gasteiger partial charge in [-0.15, -0.1) is 0 Å². The van der Waals surface area contributed by atoms with Crippen molar-refractivity contribution in [3.63, 3.8) is 0 Å².